The molecule has 0 N–H and O–H groups in total. The zero-order valence-electron chi connectivity index (χ0n) is 29.7. The lowest BCUT2D eigenvalue weighted by molar-refractivity contribution is -0.146. The minimum Gasteiger partial charge on any atom is -0.461 e. The van der Waals surface area contributed by atoms with Crippen molar-refractivity contribution in [2.75, 3.05) is 39.3 Å². The smallest absolute Gasteiger partial charge is 0.307 e. The zero-order chi connectivity index (χ0) is 33.2. The van der Waals surface area contributed by atoms with Crippen molar-refractivity contribution in [3.63, 3.8) is 0 Å². The number of carbonyl (C=O) groups is 2. The van der Waals surface area contributed by atoms with Gasteiger partial charge in [0.15, 0.2) is 0 Å². The van der Waals surface area contributed by atoms with Crippen molar-refractivity contribution in [1.82, 2.24) is 9.80 Å². The molecular weight excluding hydrogens is 572 g/mol. The van der Waals surface area contributed by atoms with Gasteiger partial charge in [-0.2, -0.15) is 0 Å². The Morgan fingerprint density at radius 1 is 0.457 bits per heavy atom. The summed E-state index contributed by atoms with van der Waals surface area (Å²) in [5, 5.41) is 0. The van der Waals surface area contributed by atoms with Crippen molar-refractivity contribution < 1.29 is 19.1 Å². The van der Waals surface area contributed by atoms with Gasteiger partial charge < -0.3 is 19.3 Å². The molecule has 6 heteroatoms. The van der Waals surface area contributed by atoms with Gasteiger partial charge in [0.05, 0.1) is 12.8 Å². The Labute approximate surface area is 281 Å². The van der Waals surface area contributed by atoms with Gasteiger partial charge in [-0.3, -0.25) is 9.59 Å². The molecule has 0 amide bonds. The molecule has 0 unspecified atom stereocenters. The van der Waals surface area contributed by atoms with E-state index in [2.05, 4.69) is 61.8 Å². The summed E-state index contributed by atoms with van der Waals surface area (Å²) in [5.74, 6) is -0.264. The average Bonchev–Trinajstić information content (AvgIpc) is 3.08. The molecule has 0 saturated heterocycles. The van der Waals surface area contributed by atoms with Crippen LogP contribution < -0.4 is 0 Å². The second-order valence-corrected chi connectivity index (χ2v) is 12.7. The summed E-state index contributed by atoms with van der Waals surface area (Å²) in [6, 6.07) is 16.3. The van der Waals surface area contributed by atoms with E-state index in [1.807, 2.05) is 24.3 Å². The Balaban J connectivity index is 1.75. The lowest BCUT2D eigenvalue weighted by atomic mass is 10.0. The van der Waals surface area contributed by atoms with Crippen LogP contribution in [0.4, 0.5) is 0 Å². The summed E-state index contributed by atoms with van der Waals surface area (Å²) in [6.45, 7) is 15.3. The number of hydrogen-bond acceptors (Lipinski definition) is 6. The van der Waals surface area contributed by atoms with Crippen molar-refractivity contribution in [2.24, 2.45) is 0 Å². The van der Waals surface area contributed by atoms with Gasteiger partial charge in [0, 0.05) is 13.1 Å². The number of benzene rings is 2. The van der Waals surface area contributed by atoms with Gasteiger partial charge >= 0.3 is 11.9 Å². The molecule has 2 aromatic carbocycles. The molecule has 0 saturated carbocycles. The fraction of sp³-hybridized carbons (Fsp3) is 0.650. The van der Waals surface area contributed by atoms with E-state index in [-0.39, 0.29) is 11.9 Å². The van der Waals surface area contributed by atoms with Crippen LogP contribution in [0.25, 0.3) is 11.1 Å². The van der Waals surface area contributed by atoms with E-state index in [4.69, 9.17) is 9.47 Å². The molecule has 0 spiro atoms. The number of carbonyl (C=O) groups excluding carboxylic acids is 2. The molecule has 6 nitrogen and oxygen atoms in total. The second kappa shape index (κ2) is 25.4. The van der Waals surface area contributed by atoms with E-state index in [1.165, 1.54) is 77.0 Å². The van der Waals surface area contributed by atoms with Crippen molar-refractivity contribution in [2.45, 2.75) is 131 Å². The lowest BCUT2D eigenvalue weighted by Gasteiger charge is -2.21. The van der Waals surface area contributed by atoms with E-state index in [0.29, 0.717) is 26.1 Å². The van der Waals surface area contributed by atoms with Gasteiger partial charge in [-0.25, -0.2) is 0 Å². The van der Waals surface area contributed by atoms with Gasteiger partial charge in [-0.05, 0) is 74.1 Å². The molecule has 46 heavy (non-hydrogen) atoms. The summed E-state index contributed by atoms with van der Waals surface area (Å²) in [4.78, 5) is 29.8. The molecule has 0 aromatic heterocycles. The third-order valence-electron chi connectivity index (χ3n) is 8.62. The topological polar surface area (TPSA) is 59.1 Å². The summed E-state index contributed by atoms with van der Waals surface area (Å²) >= 11 is 0. The fourth-order valence-electron chi connectivity index (χ4n) is 5.57. The molecule has 2 rings (SSSR count). The van der Waals surface area contributed by atoms with Crippen LogP contribution in [0.2, 0.25) is 0 Å². The van der Waals surface area contributed by atoms with Gasteiger partial charge in [-0.15, -0.1) is 0 Å². The number of unbranched alkanes of at least 4 members (excludes halogenated alkanes) is 8. The Kier molecular flexibility index (Phi) is 21.8. The maximum Gasteiger partial charge on any atom is 0.307 e. The molecular formula is C40H64N2O4. The minimum absolute atomic E-state index is 0.132. The molecule has 0 aliphatic heterocycles. The van der Waals surface area contributed by atoms with E-state index in [0.717, 1.165) is 61.5 Å². The molecule has 258 valence electrons. The Morgan fingerprint density at radius 3 is 1.04 bits per heavy atom. The van der Waals surface area contributed by atoms with Crippen LogP contribution in [0, 0.1) is 0 Å². The number of esters is 2. The van der Waals surface area contributed by atoms with Gasteiger partial charge in [0.2, 0.25) is 0 Å². The van der Waals surface area contributed by atoms with E-state index >= 15 is 0 Å². The number of rotatable bonds is 27. The summed E-state index contributed by atoms with van der Waals surface area (Å²) < 4.78 is 11.2. The fourth-order valence-corrected chi connectivity index (χ4v) is 5.57. The highest BCUT2D eigenvalue weighted by Crippen LogP contribution is 2.21. The maximum absolute atomic E-state index is 12.5. The normalized spacial score (nSPS) is 11.3. The average molecular weight is 637 g/mol. The van der Waals surface area contributed by atoms with Crippen LogP contribution in [0.5, 0.6) is 0 Å². The monoisotopic (exact) mass is 636 g/mol. The van der Waals surface area contributed by atoms with Crippen LogP contribution in [0.3, 0.4) is 0 Å². The van der Waals surface area contributed by atoms with Gasteiger partial charge in [0.1, 0.15) is 13.2 Å². The van der Waals surface area contributed by atoms with Crippen LogP contribution >= 0.6 is 0 Å². The first-order chi connectivity index (χ1) is 22.5. The van der Waals surface area contributed by atoms with Gasteiger partial charge in [0.25, 0.3) is 0 Å². The Bertz CT molecular complexity index is 948. The SMILES string of the molecule is CCCCCN(CCCCC)CCC(=O)OCc1ccc(-c2ccc(COC(=O)CCN(CCCCC)CCCCC)cc2)cc1. The first-order valence-electron chi connectivity index (χ1n) is 18.4. The zero-order valence-corrected chi connectivity index (χ0v) is 29.7. The third-order valence-corrected chi connectivity index (χ3v) is 8.62. The molecule has 0 radical (unpaired) electrons. The number of hydrogen-bond donors (Lipinski definition) is 0. The van der Waals surface area contributed by atoms with Gasteiger partial charge in [-0.1, -0.05) is 128 Å². The van der Waals surface area contributed by atoms with Crippen LogP contribution in [0.1, 0.15) is 129 Å². The standard InChI is InChI=1S/C40H64N2O4/c1-5-9-13-27-41(28-14-10-6-2)31-25-39(43)45-33-35-17-21-37(22-18-35)38-23-19-36(20-24-38)34-46-40(44)26-32-42(29-15-11-7-3)30-16-12-8-4/h17-24H,5-16,25-34H2,1-4H3. The Hall–Kier alpha value is -2.70. The minimum atomic E-state index is -0.132. The Morgan fingerprint density at radius 2 is 0.761 bits per heavy atom. The van der Waals surface area contributed by atoms with Crippen molar-refractivity contribution in [1.29, 1.82) is 0 Å². The molecule has 2 aromatic rings. The van der Waals surface area contributed by atoms with Crippen LogP contribution in [0.15, 0.2) is 48.5 Å². The highest BCUT2D eigenvalue weighted by molar-refractivity contribution is 5.70. The first kappa shape index (κ1) is 39.5. The maximum atomic E-state index is 12.5. The molecule has 0 aliphatic rings. The third kappa shape index (κ3) is 17.9. The van der Waals surface area contributed by atoms with Crippen molar-refractivity contribution in [3.8, 4) is 11.1 Å². The van der Waals surface area contributed by atoms with Crippen molar-refractivity contribution >= 4 is 11.9 Å². The predicted molar refractivity (Wildman–Crippen MR) is 192 cm³/mol. The molecule has 0 bridgehead atoms. The van der Waals surface area contributed by atoms with Crippen LogP contribution in [-0.2, 0) is 32.3 Å². The number of ether oxygens (including phenoxy) is 2. The van der Waals surface area contributed by atoms with Crippen molar-refractivity contribution in [3.05, 3.63) is 59.7 Å². The quantitative estimate of drug-likeness (QED) is 0.0719. The summed E-state index contributed by atoms with van der Waals surface area (Å²) in [7, 11) is 0. The molecule has 0 aliphatic carbocycles. The highest BCUT2D eigenvalue weighted by Gasteiger charge is 2.11. The van der Waals surface area contributed by atoms with E-state index in [9.17, 15) is 9.59 Å². The first-order valence-corrected chi connectivity index (χ1v) is 18.4. The number of nitrogens with zero attached hydrogens (tertiary/aromatic N) is 2. The summed E-state index contributed by atoms with van der Waals surface area (Å²) in [5.41, 5.74) is 4.16. The lowest BCUT2D eigenvalue weighted by Crippen LogP contribution is -2.29. The second-order valence-electron chi connectivity index (χ2n) is 12.7. The molecule has 0 atom stereocenters. The van der Waals surface area contributed by atoms with E-state index < -0.39 is 0 Å². The van der Waals surface area contributed by atoms with E-state index in [1.54, 1.807) is 0 Å². The molecule has 0 fully saturated rings. The van der Waals surface area contributed by atoms with Crippen LogP contribution in [-0.4, -0.2) is 61.0 Å². The largest absolute Gasteiger partial charge is 0.461 e. The predicted octanol–water partition coefficient (Wildman–Crippen LogP) is 9.59. The molecule has 0 heterocycles. The highest BCUT2D eigenvalue weighted by atomic mass is 16.5. The summed E-state index contributed by atoms with van der Waals surface area (Å²) in [6.07, 6.45) is 15.4.